The van der Waals surface area contributed by atoms with Crippen molar-refractivity contribution in [2.75, 3.05) is 11.4 Å². The minimum atomic E-state index is -0.346. The fourth-order valence-electron chi connectivity index (χ4n) is 2.32. The van der Waals surface area contributed by atoms with Crippen molar-refractivity contribution in [3.05, 3.63) is 101 Å². The van der Waals surface area contributed by atoms with Gasteiger partial charge in [-0.2, -0.15) is 0 Å². The highest BCUT2D eigenvalue weighted by atomic mass is 35.5. The predicted molar refractivity (Wildman–Crippen MR) is 107 cm³/mol. The SMILES string of the molecule is C=C(C)/C=C\C(=C/C)CN(C(=O)c1ccc(Cl)cc1)c1ccc(F)cc1. The Kier molecular flexibility index (Phi) is 6.93. The second kappa shape index (κ2) is 9.16. The lowest BCUT2D eigenvalue weighted by Gasteiger charge is -2.24. The van der Waals surface area contributed by atoms with Crippen molar-refractivity contribution in [1.82, 2.24) is 0 Å². The highest BCUT2D eigenvalue weighted by Gasteiger charge is 2.18. The smallest absolute Gasteiger partial charge is 0.258 e. The molecule has 2 aromatic rings. The molecule has 0 radical (unpaired) electrons. The van der Waals surface area contributed by atoms with Gasteiger partial charge in [-0.1, -0.05) is 42.0 Å². The molecule has 26 heavy (non-hydrogen) atoms. The summed E-state index contributed by atoms with van der Waals surface area (Å²) in [7, 11) is 0. The number of carbonyl (C=O) groups is 1. The van der Waals surface area contributed by atoms with Crippen LogP contribution in [0.1, 0.15) is 24.2 Å². The molecule has 0 unspecified atom stereocenters. The number of rotatable bonds is 6. The van der Waals surface area contributed by atoms with E-state index in [1.165, 1.54) is 12.1 Å². The number of allylic oxidation sites excluding steroid dienone is 3. The van der Waals surface area contributed by atoms with Gasteiger partial charge < -0.3 is 4.90 Å². The molecule has 0 heterocycles. The van der Waals surface area contributed by atoms with Crippen LogP contribution in [0.25, 0.3) is 0 Å². The molecule has 0 aliphatic carbocycles. The van der Waals surface area contributed by atoms with Crippen LogP contribution >= 0.6 is 11.6 Å². The molecule has 0 aliphatic heterocycles. The molecule has 2 nitrogen and oxygen atoms in total. The van der Waals surface area contributed by atoms with Crippen molar-refractivity contribution >= 4 is 23.2 Å². The number of hydrogen-bond donors (Lipinski definition) is 0. The van der Waals surface area contributed by atoms with Crippen molar-refractivity contribution in [3.63, 3.8) is 0 Å². The second-order valence-corrected chi connectivity index (χ2v) is 6.35. The molecule has 0 N–H and O–H groups in total. The van der Waals surface area contributed by atoms with Crippen LogP contribution in [0.5, 0.6) is 0 Å². The first-order valence-electron chi connectivity index (χ1n) is 8.22. The van der Waals surface area contributed by atoms with Gasteiger partial charge in [0.15, 0.2) is 0 Å². The van der Waals surface area contributed by atoms with Crippen molar-refractivity contribution < 1.29 is 9.18 Å². The molecule has 0 fully saturated rings. The zero-order valence-electron chi connectivity index (χ0n) is 14.9. The first kappa shape index (κ1) is 19.7. The molecular formula is C22H21ClFNO. The zero-order valence-corrected chi connectivity index (χ0v) is 15.6. The van der Waals surface area contributed by atoms with E-state index in [4.69, 9.17) is 11.6 Å². The molecule has 0 atom stereocenters. The number of nitrogens with zero attached hydrogens (tertiary/aromatic N) is 1. The predicted octanol–water partition coefficient (Wildman–Crippen LogP) is 6.20. The van der Waals surface area contributed by atoms with Gasteiger partial charge in [0, 0.05) is 16.3 Å². The fourth-order valence-corrected chi connectivity index (χ4v) is 2.45. The Bertz CT molecular complexity index is 835. The summed E-state index contributed by atoms with van der Waals surface area (Å²) in [5, 5.41) is 0.563. The van der Waals surface area contributed by atoms with Crippen LogP contribution in [0.4, 0.5) is 10.1 Å². The second-order valence-electron chi connectivity index (χ2n) is 5.92. The Morgan fingerprint density at radius 3 is 2.27 bits per heavy atom. The van der Waals surface area contributed by atoms with Crippen LogP contribution < -0.4 is 4.90 Å². The molecule has 0 spiro atoms. The van der Waals surface area contributed by atoms with Crippen LogP contribution in [-0.2, 0) is 0 Å². The summed E-state index contributed by atoms with van der Waals surface area (Å²) in [6, 6.07) is 12.6. The third-order valence-corrected chi connectivity index (χ3v) is 4.02. The van der Waals surface area contributed by atoms with Gasteiger partial charge in [-0.3, -0.25) is 4.79 Å². The standard InChI is InChI=1S/C22H21ClFNO/c1-4-17(6-5-16(2)3)15-25(21-13-11-20(24)12-14-21)22(26)18-7-9-19(23)10-8-18/h4-14H,2,15H2,1,3H3/b6-5-,17-4+. The third-order valence-electron chi connectivity index (χ3n) is 3.77. The lowest BCUT2D eigenvalue weighted by atomic mass is 10.1. The van der Waals surface area contributed by atoms with E-state index in [1.54, 1.807) is 41.3 Å². The molecule has 0 aromatic heterocycles. The summed E-state index contributed by atoms with van der Waals surface area (Å²) in [6.45, 7) is 8.02. The summed E-state index contributed by atoms with van der Waals surface area (Å²) >= 11 is 5.91. The van der Waals surface area contributed by atoms with Crippen LogP contribution in [0.3, 0.4) is 0 Å². The number of halogens is 2. The highest BCUT2D eigenvalue weighted by Crippen LogP contribution is 2.21. The van der Waals surface area contributed by atoms with Gasteiger partial charge >= 0.3 is 0 Å². The lowest BCUT2D eigenvalue weighted by Crippen LogP contribution is -2.32. The lowest BCUT2D eigenvalue weighted by molar-refractivity contribution is 0.0989. The molecule has 2 rings (SSSR count). The van der Waals surface area contributed by atoms with E-state index in [0.717, 1.165) is 11.1 Å². The number of carbonyl (C=O) groups excluding carboxylic acids is 1. The maximum absolute atomic E-state index is 13.3. The monoisotopic (exact) mass is 369 g/mol. The number of hydrogen-bond acceptors (Lipinski definition) is 1. The van der Waals surface area contributed by atoms with Crippen LogP contribution in [0.2, 0.25) is 5.02 Å². The van der Waals surface area contributed by atoms with E-state index in [2.05, 4.69) is 6.58 Å². The normalized spacial score (nSPS) is 11.6. The minimum absolute atomic E-state index is 0.184. The first-order chi connectivity index (χ1) is 12.4. The molecule has 0 saturated carbocycles. The van der Waals surface area contributed by atoms with Gasteiger partial charge in [-0.25, -0.2) is 4.39 Å². The van der Waals surface area contributed by atoms with E-state index in [0.29, 0.717) is 22.8 Å². The van der Waals surface area contributed by atoms with Gasteiger partial charge in [-0.15, -0.1) is 0 Å². The largest absolute Gasteiger partial charge is 0.304 e. The molecule has 0 saturated heterocycles. The molecular weight excluding hydrogens is 349 g/mol. The average Bonchev–Trinajstić information content (AvgIpc) is 2.63. The van der Waals surface area contributed by atoms with Crippen molar-refractivity contribution in [3.8, 4) is 0 Å². The van der Waals surface area contributed by atoms with Gasteiger partial charge in [0.2, 0.25) is 0 Å². The van der Waals surface area contributed by atoms with E-state index < -0.39 is 0 Å². The van der Waals surface area contributed by atoms with Gasteiger partial charge in [0.25, 0.3) is 5.91 Å². The Morgan fingerprint density at radius 2 is 1.73 bits per heavy atom. The molecule has 1 amide bonds. The van der Waals surface area contributed by atoms with E-state index in [9.17, 15) is 9.18 Å². The number of anilines is 1. The van der Waals surface area contributed by atoms with E-state index >= 15 is 0 Å². The molecule has 4 heteroatoms. The maximum atomic E-state index is 13.3. The Hall–Kier alpha value is -2.65. The van der Waals surface area contributed by atoms with Crippen LogP contribution in [0, 0.1) is 5.82 Å². The van der Waals surface area contributed by atoms with Gasteiger partial charge in [0.1, 0.15) is 5.82 Å². The minimum Gasteiger partial charge on any atom is -0.304 e. The Labute approximate surface area is 158 Å². The van der Waals surface area contributed by atoms with Gasteiger partial charge in [-0.05, 0) is 68.0 Å². The summed E-state index contributed by atoms with van der Waals surface area (Å²) in [4.78, 5) is 14.7. The highest BCUT2D eigenvalue weighted by molar-refractivity contribution is 6.30. The molecule has 134 valence electrons. The Morgan fingerprint density at radius 1 is 1.12 bits per heavy atom. The fraction of sp³-hybridized carbons (Fsp3) is 0.136. The molecule has 0 bridgehead atoms. The zero-order chi connectivity index (χ0) is 19.1. The first-order valence-corrected chi connectivity index (χ1v) is 8.60. The summed E-state index contributed by atoms with van der Waals surface area (Å²) in [6.07, 6.45) is 5.75. The summed E-state index contributed by atoms with van der Waals surface area (Å²) in [5.74, 6) is -0.530. The van der Waals surface area contributed by atoms with Crippen molar-refractivity contribution in [2.24, 2.45) is 0 Å². The number of benzene rings is 2. The Balaban J connectivity index is 2.38. The maximum Gasteiger partial charge on any atom is 0.258 e. The molecule has 2 aromatic carbocycles. The topological polar surface area (TPSA) is 20.3 Å². The van der Waals surface area contributed by atoms with E-state index in [1.807, 2.05) is 32.1 Å². The molecule has 0 aliphatic rings. The summed E-state index contributed by atoms with van der Waals surface area (Å²) < 4.78 is 13.3. The van der Waals surface area contributed by atoms with Gasteiger partial charge in [0.05, 0.1) is 6.54 Å². The third kappa shape index (κ3) is 5.43. The summed E-state index contributed by atoms with van der Waals surface area (Å²) in [5.41, 5.74) is 2.99. The van der Waals surface area contributed by atoms with Crippen LogP contribution in [-0.4, -0.2) is 12.5 Å². The number of amides is 1. The van der Waals surface area contributed by atoms with Crippen molar-refractivity contribution in [2.45, 2.75) is 13.8 Å². The average molecular weight is 370 g/mol. The van der Waals surface area contributed by atoms with Crippen LogP contribution in [0.15, 0.2) is 84.5 Å². The van der Waals surface area contributed by atoms with Crippen molar-refractivity contribution in [1.29, 1.82) is 0 Å². The van der Waals surface area contributed by atoms with E-state index in [-0.39, 0.29) is 11.7 Å². The quantitative estimate of drug-likeness (QED) is 0.555.